The standard InChI is InChI=1S/C24H28N4/c1-7-18(16-28(5)6)19-9-8-10-20(14-19)23-12-11-22(24(25)27-23)21(15-26-4)13-17(2)3/h7-16H,1-2H2,3-6H3,(H2,25,27)/b18-16+,21-13+,26-15-. The van der Waals surface area contributed by atoms with Crippen molar-refractivity contribution in [2.45, 2.75) is 6.92 Å². The molecule has 0 unspecified atom stereocenters. The van der Waals surface area contributed by atoms with Crippen LogP contribution >= 0.6 is 0 Å². The molecule has 1 aromatic heterocycles. The minimum Gasteiger partial charge on any atom is -0.383 e. The first-order valence-electron chi connectivity index (χ1n) is 9.03. The van der Waals surface area contributed by atoms with Crippen LogP contribution in [-0.4, -0.2) is 37.2 Å². The van der Waals surface area contributed by atoms with Crippen LogP contribution in [0.4, 0.5) is 5.82 Å². The zero-order valence-electron chi connectivity index (χ0n) is 17.1. The lowest BCUT2D eigenvalue weighted by atomic mass is 10.0. The highest BCUT2D eigenvalue weighted by Crippen LogP contribution is 2.27. The molecular weight excluding hydrogens is 344 g/mol. The van der Waals surface area contributed by atoms with E-state index in [4.69, 9.17) is 5.73 Å². The van der Waals surface area contributed by atoms with Gasteiger partial charge in [0.25, 0.3) is 0 Å². The highest BCUT2D eigenvalue weighted by molar-refractivity contribution is 6.12. The number of aliphatic imine (C=N–C) groups is 1. The molecule has 0 fully saturated rings. The Kier molecular flexibility index (Phi) is 7.10. The average molecular weight is 373 g/mol. The predicted molar refractivity (Wildman–Crippen MR) is 123 cm³/mol. The molecule has 0 bridgehead atoms. The van der Waals surface area contributed by atoms with E-state index in [-0.39, 0.29) is 0 Å². The topological polar surface area (TPSA) is 54.5 Å². The van der Waals surface area contributed by atoms with Gasteiger partial charge in [0.2, 0.25) is 0 Å². The van der Waals surface area contributed by atoms with E-state index in [0.29, 0.717) is 5.82 Å². The second kappa shape index (κ2) is 9.51. The van der Waals surface area contributed by atoms with Crippen LogP contribution in [0.1, 0.15) is 18.1 Å². The molecule has 0 saturated heterocycles. The average Bonchev–Trinajstić information content (AvgIpc) is 2.65. The van der Waals surface area contributed by atoms with Crippen LogP contribution in [0.25, 0.3) is 22.4 Å². The largest absolute Gasteiger partial charge is 0.383 e. The lowest BCUT2D eigenvalue weighted by Crippen LogP contribution is -2.02. The molecule has 1 aromatic carbocycles. The van der Waals surface area contributed by atoms with Crippen LogP contribution in [0.15, 0.2) is 78.5 Å². The van der Waals surface area contributed by atoms with Crippen LogP contribution in [0, 0.1) is 0 Å². The summed E-state index contributed by atoms with van der Waals surface area (Å²) in [5, 5.41) is 0. The minimum atomic E-state index is 0.461. The van der Waals surface area contributed by atoms with E-state index in [2.05, 4.69) is 35.3 Å². The summed E-state index contributed by atoms with van der Waals surface area (Å²) < 4.78 is 0. The fraction of sp³-hybridized carbons (Fsp3) is 0.167. The number of nitrogens with zero attached hydrogens (tertiary/aromatic N) is 3. The fourth-order valence-corrected chi connectivity index (χ4v) is 2.85. The number of hydrogen-bond acceptors (Lipinski definition) is 4. The molecule has 2 N–H and O–H groups in total. The van der Waals surface area contributed by atoms with Crippen molar-refractivity contribution in [1.29, 1.82) is 0 Å². The van der Waals surface area contributed by atoms with Crippen molar-refractivity contribution in [1.82, 2.24) is 9.88 Å². The second-order valence-corrected chi connectivity index (χ2v) is 6.80. The third kappa shape index (κ3) is 5.30. The number of pyridine rings is 1. The number of allylic oxidation sites excluding steroid dienone is 5. The maximum Gasteiger partial charge on any atom is 0.132 e. The highest BCUT2D eigenvalue weighted by atomic mass is 15.0. The molecule has 4 heteroatoms. The predicted octanol–water partition coefficient (Wildman–Crippen LogP) is 5.08. The Balaban J connectivity index is 2.48. The van der Waals surface area contributed by atoms with Crippen molar-refractivity contribution in [2.75, 3.05) is 26.9 Å². The molecule has 0 spiro atoms. The van der Waals surface area contributed by atoms with E-state index in [1.54, 1.807) is 13.3 Å². The lowest BCUT2D eigenvalue weighted by molar-refractivity contribution is 0.566. The Labute approximate surface area is 168 Å². The Bertz CT molecular complexity index is 962. The van der Waals surface area contributed by atoms with Gasteiger partial charge >= 0.3 is 0 Å². The zero-order valence-corrected chi connectivity index (χ0v) is 17.1. The minimum absolute atomic E-state index is 0.461. The molecular formula is C24H28N4. The van der Waals surface area contributed by atoms with Crippen LogP contribution in [0.5, 0.6) is 0 Å². The number of aromatic nitrogens is 1. The molecule has 0 aliphatic heterocycles. The van der Waals surface area contributed by atoms with Gasteiger partial charge in [0, 0.05) is 50.3 Å². The molecule has 1 heterocycles. The van der Waals surface area contributed by atoms with E-state index < -0.39 is 0 Å². The zero-order chi connectivity index (χ0) is 20.7. The number of nitrogens with two attached hydrogens (primary N) is 1. The maximum absolute atomic E-state index is 6.28. The van der Waals surface area contributed by atoms with Gasteiger partial charge in [-0.1, -0.05) is 49.1 Å². The first kappa shape index (κ1) is 20.9. The monoisotopic (exact) mass is 372 g/mol. The SMILES string of the molecule is C=C/C(=C\N(C)C)c1cccc(-c2ccc(C(/C=N\C)=C/C(=C)C)c(N)n2)c1. The van der Waals surface area contributed by atoms with E-state index in [9.17, 15) is 0 Å². The van der Waals surface area contributed by atoms with Gasteiger partial charge in [-0.3, -0.25) is 4.99 Å². The summed E-state index contributed by atoms with van der Waals surface area (Å²) in [4.78, 5) is 10.7. The summed E-state index contributed by atoms with van der Waals surface area (Å²) in [5.41, 5.74) is 12.9. The van der Waals surface area contributed by atoms with Crippen molar-refractivity contribution in [2.24, 2.45) is 4.99 Å². The summed E-state index contributed by atoms with van der Waals surface area (Å²) in [6.45, 7) is 9.79. The molecule has 4 nitrogen and oxygen atoms in total. The Morgan fingerprint density at radius 3 is 2.50 bits per heavy atom. The normalized spacial score (nSPS) is 12.3. The molecule has 2 rings (SSSR count). The summed E-state index contributed by atoms with van der Waals surface area (Å²) in [6, 6.07) is 12.1. The van der Waals surface area contributed by atoms with Gasteiger partial charge in [0.15, 0.2) is 0 Å². The molecule has 144 valence electrons. The van der Waals surface area contributed by atoms with Gasteiger partial charge in [-0.15, -0.1) is 0 Å². The number of nitrogen functional groups attached to an aromatic ring is 1. The van der Waals surface area contributed by atoms with Gasteiger partial charge in [-0.05, 0) is 36.3 Å². The number of hydrogen-bond donors (Lipinski definition) is 1. The molecule has 2 aromatic rings. The molecule has 0 saturated carbocycles. The maximum atomic E-state index is 6.28. The third-order valence-corrected chi connectivity index (χ3v) is 4.01. The molecule has 0 aliphatic rings. The van der Waals surface area contributed by atoms with Crippen molar-refractivity contribution in [3.05, 3.63) is 84.6 Å². The first-order chi connectivity index (χ1) is 13.3. The highest BCUT2D eigenvalue weighted by Gasteiger charge is 2.09. The molecule has 0 radical (unpaired) electrons. The number of rotatable bonds is 7. The number of anilines is 1. The summed E-state index contributed by atoms with van der Waals surface area (Å²) in [7, 11) is 5.71. The van der Waals surface area contributed by atoms with Crippen LogP contribution in [-0.2, 0) is 0 Å². The van der Waals surface area contributed by atoms with Gasteiger partial charge in [0.05, 0.1) is 5.69 Å². The van der Waals surface area contributed by atoms with Crippen molar-refractivity contribution >= 4 is 23.2 Å². The summed E-state index contributed by atoms with van der Waals surface area (Å²) >= 11 is 0. The fourth-order valence-electron chi connectivity index (χ4n) is 2.85. The van der Waals surface area contributed by atoms with Gasteiger partial charge in [0.1, 0.15) is 5.82 Å². The summed E-state index contributed by atoms with van der Waals surface area (Å²) in [5.74, 6) is 0.461. The third-order valence-electron chi connectivity index (χ3n) is 4.01. The smallest absolute Gasteiger partial charge is 0.132 e. The van der Waals surface area contributed by atoms with Gasteiger partial charge < -0.3 is 10.6 Å². The molecule has 28 heavy (non-hydrogen) atoms. The van der Waals surface area contributed by atoms with Crippen LogP contribution in [0.2, 0.25) is 0 Å². The van der Waals surface area contributed by atoms with Gasteiger partial charge in [-0.2, -0.15) is 0 Å². The first-order valence-corrected chi connectivity index (χ1v) is 9.03. The Morgan fingerprint density at radius 1 is 1.18 bits per heavy atom. The van der Waals surface area contributed by atoms with Gasteiger partial charge in [-0.25, -0.2) is 4.98 Å². The molecule has 0 atom stereocenters. The van der Waals surface area contributed by atoms with E-state index in [1.807, 2.05) is 68.5 Å². The Morgan fingerprint density at radius 2 is 1.93 bits per heavy atom. The van der Waals surface area contributed by atoms with Crippen molar-refractivity contribution < 1.29 is 0 Å². The van der Waals surface area contributed by atoms with Crippen LogP contribution in [0.3, 0.4) is 0 Å². The number of benzene rings is 1. The second-order valence-electron chi connectivity index (χ2n) is 6.80. The Hall–Kier alpha value is -3.40. The van der Waals surface area contributed by atoms with E-state index in [0.717, 1.165) is 39.1 Å². The molecule has 0 amide bonds. The van der Waals surface area contributed by atoms with Crippen molar-refractivity contribution in [3.63, 3.8) is 0 Å². The van der Waals surface area contributed by atoms with E-state index in [1.165, 1.54) is 0 Å². The van der Waals surface area contributed by atoms with Crippen LogP contribution < -0.4 is 5.73 Å². The summed E-state index contributed by atoms with van der Waals surface area (Å²) in [6.07, 6.45) is 7.60. The van der Waals surface area contributed by atoms with E-state index >= 15 is 0 Å². The molecule has 0 aliphatic carbocycles. The lowest BCUT2D eigenvalue weighted by Gasteiger charge is -2.12. The quantitative estimate of drug-likeness (QED) is 0.545. The van der Waals surface area contributed by atoms with Crippen molar-refractivity contribution in [3.8, 4) is 11.3 Å².